The highest BCUT2D eigenvalue weighted by molar-refractivity contribution is 5.85. The lowest BCUT2D eigenvalue weighted by molar-refractivity contribution is -0.165. The predicted octanol–water partition coefficient (Wildman–Crippen LogP) is 0.723. The van der Waals surface area contributed by atoms with Gasteiger partial charge in [0.25, 0.3) is 0 Å². The number of fused-ring (bicyclic) bond motifs is 1. The molecule has 5 atom stereocenters. The van der Waals surface area contributed by atoms with Crippen molar-refractivity contribution in [1.82, 2.24) is 10.9 Å². The van der Waals surface area contributed by atoms with Crippen LogP contribution in [-0.2, 0) is 14.3 Å². The highest BCUT2D eigenvalue weighted by Crippen LogP contribution is 2.48. The van der Waals surface area contributed by atoms with E-state index in [0.29, 0.717) is 6.42 Å². The quantitative estimate of drug-likeness (QED) is 0.715. The van der Waals surface area contributed by atoms with Gasteiger partial charge in [0.1, 0.15) is 0 Å². The molecule has 6 heteroatoms. The average molecular weight is 318 g/mol. The lowest BCUT2D eigenvalue weighted by atomic mass is 9.61. The van der Waals surface area contributed by atoms with Gasteiger partial charge in [-0.05, 0) is 25.8 Å². The van der Waals surface area contributed by atoms with Crippen molar-refractivity contribution in [2.75, 3.05) is 6.61 Å². The first-order valence-corrected chi connectivity index (χ1v) is 7.95. The number of benzene rings is 1. The second-order valence-corrected chi connectivity index (χ2v) is 6.49. The molecular formula is C17H22N2O4. The van der Waals surface area contributed by atoms with Crippen LogP contribution in [-0.4, -0.2) is 35.2 Å². The van der Waals surface area contributed by atoms with Crippen LogP contribution < -0.4 is 10.9 Å². The fourth-order valence-electron chi connectivity index (χ4n) is 3.98. The summed E-state index contributed by atoms with van der Waals surface area (Å²) in [5, 5.41) is 10.9. The van der Waals surface area contributed by atoms with Crippen LogP contribution in [0.15, 0.2) is 30.3 Å². The molecule has 3 rings (SSSR count). The lowest BCUT2D eigenvalue weighted by Gasteiger charge is -2.45. The summed E-state index contributed by atoms with van der Waals surface area (Å²) in [5.41, 5.74) is 5.19. The monoisotopic (exact) mass is 318 g/mol. The average Bonchev–Trinajstić information content (AvgIpc) is 2.86. The van der Waals surface area contributed by atoms with Crippen molar-refractivity contribution in [2.24, 2.45) is 11.8 Å². The molecule has 1 amide bonds. The van der Waals surface area contributed by atoms with Gasteiger partial charge in [-0.2, -0.15) is 0 Å². The summed E-state index contributed by atoms with van der Waals surface area (Å²) in [6.45, 7) is 3.62. The normalized spacial score (nSPS) is 36.2. The molecule has 1 aromatic carbocycles. The standard InChI is InChI=1S/C17H22N2O4/c1-3-23-16(21)14-12(10-7-5-4-6-8-10)13-11(9-17(14,2)22)18-19-15(13)20/h4-8,11-14,18,22H,3,9H2,1-2H3,(H,19,20). The minimum Gasteiger partial charge on any atom is -0.466 e. The summed E-state index contributed by atoms with van der Waals surface area (Å²) in [7, 11) is 0. The number of nitrogens with one attached hydrogen (secondary N) is 2. The third kappa shape index (κ3) is 2.72. The molecule has 1 heterocycles. The van der Waals surface area contributed by atoms with Crippen LogP contribution in [0.3, 0.4) is 0 Å². The number of ether oxygens (including phenoxy) is 1. The second kappa shape index (κ2) is 5.94. The topological polar surface area (TPSA) is 87.7 Å². The number of esters is 1. The van der Waals surface area contributed by atoms with Gasteiger partial charge in [0.05, 0.1) is 24.0 Å². The number of aliphatic hydroxyl groups is 1. The Morgan fingerprint density at radius 1 is 1.35 bits per heavy atom. The molecule has 124 valence electrons. The molecule has 0 spiro atoms. The van der Waals surface area contributed by atoms with Crippen molar-refractivity contribution in [3.05, 3.63) is 35.9 Å². The molecule has 1 aliphatic heterocycles. The van der Waals surface area contributed by atoms with E-state index in [1.165, 1.54) is 0 Å². The van der Waals surface area contributed by atoms with Gasteiger partial charge in [0.2, 0.25) is 5.91 Å². The summed E-state index contributed by atoms with van der Waals surface area (Å²) < 4.78 is 5.20. The number of hydrogen-bond acceptors (Lipinski definition) is 5. The first-order chi connectivity index (χ1) is 11.0. The minimum absolute atomic E-state index is 0.145. The molecule has 1 saturated carbocycles. The van der Waals surface area contributed by atoms with Gasteiger partial charge in [-0.25, -0.2) is 5.43 Å². The summed E-state index contributed by atoms with van der Waals surface area (Å²) >= 11 is 0. The van der Waals surface area contributed by atoms with E-state index >= 15 is 0 Å². The fourth-order valence-corrected chi connectivity index (χ4v) is 3.98. The zero-order chi connectivity index (χ0) is 16.6. The van der Waals surface area contributed by atoms with Gasteiger partial charge >= 0.3 is 5.97 Å². The Bertz CT molecular complexity index is 602. The predicted molar refractivity (Wildman–Crippen MR) is 83.1 cm³/mol. The smallest absolute Gasteiger partial charge is 0.312 e. The van der Waals surface area contributed by atoms with Crippen molar-refractivity contribution >= 4 is 11.9 Å². The molecule has 2 aliphatic rings. The van der Waals surface area contributed by atoms with E-state index in [-0.39, 0.29) is 18.6 Å². The Balaban J connectivity index is 2.08. The van der Waals surface area contributed by atoms with Gasteiger partial charge in [-0.1, -0.05) is 30.3 Å². The Morgan fingerprint density at radius 2 is 2.04 bits per heavy atom. The Labute approximate surface area is 135 Å². The van der Waals surface area contributed by atoms with Crippen molar-refractivity contribution in [3.63, 3.8) is 0 Å². The van der Waals surface area contributed by atoms with Crippen molar-refractivity contribution in [1.29, 1.82) is 0 Å². The number of hydrazine groups is 1. The zero-order valence-electron chi connectivity index (χ0n) is 13.3. The third-order valence-corrected chi connectivity index (χ3v) is 4.89. The third-order valence-electron chi connectivity index (χ3n) is 4.89. The first-order valence-electron chi connectivity index (χ1n) is 7.95. The van der Waals surface area contributed by atoms with Crippen LogP contribution in [0.5, 0.6) is 0 Å². The minimum atomic E-state index is -1.26. The van der Waals surface area contributed by atoms with Gasteiger partial charge in [-0.15, -0.1) is 0 Å². The van der Waals surface area contributed by atoms with Crippen molar-refractivity contribution in [3.8, 4) is 0 Å². The zero-order valence-corrected chi connectivity index (χ0v) is 13.3. The van der Waals surface area contributed by atoms with Crippen LogP contribution in [0.4, 0.5) is 0 Å². The molecule has 1 saturated heterocycles. The molecule has 1 aliphatic carbocycles. The Morgan fingerprint density at radius 3 is 2.70 bits per heavy atom. The van der Waals surface area contributed by atoms with Crippen LogP contribution in [0, 0.1) is 11.8 Å². The number of amides is 1. The lowest BCUT2D eigenvalue weighted by Crippen LogP contribution is -2.56. The van der Waals surface area contributed by atoms with Crippen LogP contribution in [0.2, 0.25) is 0 Å². The maximum atomic E-state index is 12.6. The van der Waals surface area contributed by atoms with Crippen LogP contribution in [0.25, 0.3) is 0 Å². The van der Waals surface area contributed by atoms with Crippen molar-refractivity contribution in [2.45, 2.75) is 37.8 Å². The van der Waals surface area contributed by atoms with Gasteiger partial charge < -0.3 is 9.84 Å². The Kier molecular flexibility index (Phi) is 4.12. The largest absolute Gasteiger partial charge is 0.466 e. The van der Waals surface area contributed by atoms with E-state index in [9.17, 15) is 14.7 Å². The highest BCUT2D eigenvalue weighted by atomic mass is 16.5. The molecule has 0 radical (unpaired) electrons. The number of carbonyl (C=O) groups is 2. The van der Waals surface area contributed by atoms with E-state index in [2.05, 4.69) is 10.9 Å². The number of hydrogen-bond donors (Lipinski definition) is 3. The van der Waals surface area contributed by atoms with Crippen molar-refractivity contribution < 1.29 is 19.4 Å². The first kappa shape index (κ1) is 16.0. The molecule has 23 heavy (non-hydrogen) atoms. The SMILES string of the molecule is CCOC(=O)C1C(c2ccccc2)C2C(=O)NNC2CC1(C)O. The summed E-state index contributed by atoms with van der Waals surface area (Å²) in [6, 6.07) is 9.19. The maximum Gasteiger partial charge on any atom is 0.312 e. The summed E-state index contributed by atoms with van der Waals surface area (Å²) in [6.07, 6.45) is 0.309. The highest BCUT2D eigenvalue weighted by Gasteiger charge is 2.58. The summed E-state index contributed by atoms with van der Waals surface area (Å²) in [4.78, 5) is 24.9. The molecular weight excluding hydrogens is 296 g/mol. The number of carbonyl (C=O) groups excluding carboxylic acids is 2. The molecule has 5 unspecified atom stereocenters. The molecule has 1 aromatic rings. The van der Waals surface area contributed by atoms with Gasteiger partial charge in [0, 0.05) is 12.0 Å². The van der Waals surface area contributed by atoms with E-state index in [0.717, 1.165) is 5.56 Å². The summed E-state index contributed by atoms with van der Waals surface area (Å²) in [5.74, 6) is -2.22. The molecule has 0 bridgehead atoms. The maximum absolute atomic E-state index is 12.6. The van der Waals surface area contributed by atoms with Gasteiger partial charge in [-0.3, -0.25) is 15.0 Å². The van der Waals surface area contributed by atoms with Crippen LogP contribution >= 0.6 is 0 Å². The van der Waals surface area contributed by atoms with E-state index in [1.807, 2.05) is 30.3 Å². The molecule has 0 aromatic heterocycles. The van der Waals surface area contributed by atoms with E-state index < -0.39 is 29.3 Å². The van der Waals surface area contributed by atoms with E-state index in [4.69, 9.17) is 4.74 Å². The molecule has 3 N–H and O–H groups in total. The fraction of sp³-hybridized carbons (Fsp3) is 0.529. The molecule has 6 nitrogen and oxygen atoms in total. The van der Waals surface area contributed by atoms with Crippen LogP contribution in [0.1, 0.15) is 31.7 Å². The Hall–Kier alpha value is -1.92. The second-order valence-electron chi connectivity index (χ2n) is 6.49. The molecule has 2 fully saturated rings. The number of rotatable bonds is 3. The van der Waals surface area contributed by atoms with E-state index in [1.54, 1.807) is 13.8 Å². The van der Waals surface area contributed by atoms with Gasteiger partial charge in [0.15, 0.2) is 0 Å².